The fourth-order valence-electron chi connectivity index (χ4n) is 0.332. The Bertz CT molecular complexity index is 74.6. The van der Waals surface area contributed by atoms with Crippen molar-refractivity contribution in [2.75, 3.05) is 0 Å². The molecule has 1 rings (SSSR count). The Morgan fingerprint density at radius 3 is 2.00 bits per heavy atom. The van der Waals surface area contributed by atoms with Crippen LogP contribution in [0.4, 0.5) is 0 Å². The first-order valence-electron chi connectivity index (χ1n) is 2.55. The van der Waals surface area contributed by atoms with E-state index in [0.717, 1.165) is 5.92 Å². The number of carboxylic acid groups (broad SMARTS) is 1. The first kappa shape index (κ1) is 7.21. The van der Waals surface area contributed by atoms with Gasteiger partial charge in [-0.2, -0.15) is 0 Å². The van der Waals surface area contributed by atoms with Gasteiger partial charge in [0.25, 0.3) is 6.47 Å². The van der Waals surface area contributed by atoms with Gasteiger partial charge in [-0.15, -0.1) is 6.58 Å². The average Bonchev–Trinajstić information content (AvgIpc) is 2.48. The first-order valence-corrected chi connectivity index (χ1v) is 2.55. The van der Waals surface area contributed by atoms with E-state index in [0.29, 0.717) is 0 Å². The molecule has 1 aliphatic carbocycles. The maximum atomic E-state index is 8.36. The normalized spacial score (nSPS) is 15.5. The minimum atomic E-state index is -0.250. The summed E-state index contributed by atoms with van der Waals surface area (Å²) >= 11 is 0. The molecule has 1 saturated carbocycles. The zero-order chi connectivity index (χ0) is 6.41. The van der Waals surface area contributed by atoms with Gasteiger partial charge in [-0.3, -0.25) is 4.79 Å². The zero-order valence-corrected chi connectivity index (χ0v) is 4.71. The molecule has 0 bridgehead atoms. The van der Waals surface area contributed by atoms with Gasteiger partial charge in [0, 0.05) is 0 Å². The lowest BCUT2D eigenvalue weighted by Crippen LogP contribution is -1.50. The van der Waals surface area contributed by atoms with Crippen molar-refractivity contribution >= 4 is 6.47 Å². The van der Waals surface area contributed by atoms with Gasteiger partial charge >= 0.3 is 0 Å². The summed E-state index contributed by atoms with van der Waals surface area (Å²) in [6.07, 6.45) is 4.81. The molecule has 46 valence electrons. The van der Waals surface area contributed by atoms with E-state index in [2.05, 4.69) is 6.58 Å². The van der Waals surface area contributed by atoms with E-state index < -0.39 is 0 Å². The van der Waals surface area contributed by atoms with Crippen LogP contribution in [0.1, 0.15) is 12.8 Å². The molecule has 0 aromatic rings. The monoisotopic (exact) mass is 114 g/mol. The van der Waals surface area contributed by atoms with Gasteiger partial charge in [-0.25, -0.2) is 0 Å². The second-order valence-corrected chi connectivity index (χ2v) is 1.68. The van der Waals surface area contributed by atoms with E-state index in [-0.39, 0.29) is 6.47 Å². The van der Waals surface area contributed by atoms with Crippen molar-refractivity contribution in [3.05, 3.63) is 12.7 Å². The first-order chi connectivity index (χ1) is 3.85. The van der Waals surface area contributed by atoms with E-state index in [9.17, 15) is 0 Å². The summed E-state index contributed by atoms with van der Waals surface area (Å²) in [5.74, 6) is 0.898. The van der Waals surface area contributed by atoms with Crippen LogP contribution in [0.25, 0.3) is 0 Å². The molecule has 0 atom stereocenters. The summed E-state index contributed by atoms with van der Waals surface area (Å²) in [6.45, 7) is 3.37. The Morgan fingerprint density at radius 2 is 2.00 bits per heavy atom. The second-order valence-electron chi connectivity index (χ2n) is 1.68. The highest BCUT2D eigenvalue weighted by atomic mass is 16.3. The summed E-state index contributed by atoms with van der Waals surface area (Å²) in [5.41, 5.74) is 0. The van der Waals surface area contributed by atoms with Crippen LogP contribution < -0.4 is 0 Å². The Morgan fingerprint density at radius 1 is 1.62 bits per heavy atom. The van der Waals surface area contributed by atoms with Crippen molar-refractivity contribution in [1.29, 1.82) is 0 Å². The van der Waals surface area contributed by atoms with Gasteiger partial charge in [0.05, 0.1) is 0 Å². The number of rotatable bonds is 1. The minimum Gasteiger partial charge on any atom is -0.483 e. The largest absolute Gasteiger partial charge is 0.483 e. The molecule has 0 aliphatic heterocycles. The minimum absolute atomic E-state index is 0.250. The van der Waals surface area contributed by atoms with Gasteiger partial charge in [0.15, 0.2) is 0 Å². The van der Waals surface area contributed by atoms with E-state index in [4.69, 9.17) is 9.90 Å². The number of hydrogen-bond acceptors (Lipinski definition) is 1. The summed E-state index contributed by atoms with van der Waals surface area (Å²) in [4.78, 5) is 8.36. The second kappa shape index (κ2) is 4.37. The molecule has 0 unspecified atom stereocenters. The van der Waals surface area contributed by atoms with Crippen molar-refractivity contribution in [2.24, 2.45) is 5.92 Å². The molecule has 0 aromatic carbocycles. The Hall–Kier alpha value is -0.790. The molecule has 0 radical (unpaired) electrons. The van der Waals surface area contributed by atoms with Crippen molar-refractivity contribution in [1.82, 2.24) is 0 Å². The molecule has 0 aromatic heterocycles. The highest BCUT2D eigenvalue weighted by molar-refractivity contribution is 5.32. The third-order valence-corrected chi connectivity index (χ3v) is 0.955. The van der Waals surface area contributed by atoms with Crippen molar-refractivity contribution in [3.8, 4) is 0 Å². The number of allylic oxidation sites excluding steroid dienone is 1. The average molecular weight is 114 g/mol. The van der Waals surface area contributed by atoms with Crippen LogP contribution in [-0.4, -0.2) is 11.6 Å². The van der Waals surface area contributed by atoms with Crippen LogP contribution in [-0.2, 0) is 4.79 Å². The van der Waals surface area contributed by atoms with Crippen LogP contribution >= 0.6 is 0 Å². The molecular formula is C6H10O2. The Labute approximate surface area is 48.8 Å². The van der Waals surface area contributed by atoms with Crippen molar-refractivity contribution < 1.29 is 9.90 Å². The Balaban J connectivity index is 0.000000145. The maximum absolute atomic E-state index is 8.36. The maximum Gasteiger partial charge on any atom is 0.290 e. The molecule has 0 amide bonds. The van der Waals surface area contributed by atoms with E-state index in [1.165, 1.54) is 12.8 Å². The summed E-state index contributed by atoms with van der Waals surface area (Å²) < 4.78 is 0. The fraction of sp³-hybridized carbons (Fsp3) is 0.500. The predicted molar refractivity (Wildman–Crippen MR) is 31.6 cm³/mol. The third kappa shape index (κ3) is 5.21. The topological polar surface area (TPSA) is 37.3 Å². The van der Waals surface area contributed by atoms with Crippen LogP contribution in [0, 0.1) is 5.92 Å². The molecule has 0 saturated heterocycles. The van der Waals surface area contributed by atoms with Crippen molar-refractivity contribution in [2.45, 2.75) is 12.8 Å². The van der Waals surface area contributed by atoms with Gasteiger partial charge in [0.2, 0.25) is 0 Å². The summed E-state index contributed by atoms with van der Waals surface area (Å²) in [6, 6.07) is 0. The highest BCUT2D eigenvalue weighted by Gasteiger charge is 2.15. The van der Waals surface area contributed by atoms with Crippen LogP contribution in [0.15, 0.2) is 12.7 Å². The summed E-state index contributed by atoms with van der Waals surface area (Å²) in [7, 11) is 0. The van der Waals surface area contributed by atoms with Gasteiger partial charge in [-0.1, -0.05) is 6.08 Å². The van der Waals surface area contributed by atoms with Crippen molar-refractivity contribution in [3.63, 3.8) is 0 Å². The lowest BCUT2D eigenvalue weighted by molar-refractivity contribution is -0.122. The molecule has 8 heavy (non-hydrogen) atoms. The van der Waals surface area contributed by atoms with Gasteiger partial charge in [0.1, 0.15) is 0 Å². The van der Waals surface area contributed by atoms with Crippen LogP contribution in [0.2, 0.25) is 0 Å². The Kier molecular flexibility index (Phi) is 3.94. The van der Waals surface area contributed by atoms with E-state index >= 15 is 0 Å². The molecule has 2 heteroatoms. The van der Waals surface area contributed by atoms with Crippen LogP contribution in [0.5, 0.6) is 0 Å². The number of carbonyl (C=O) groups is 1. The van der Waals surface area contributed by atoms with Gasteiger partial charge in [-0.05, 0) is 18.8 Å². The molecule has 1 fully saturated rings. The molecule has 1 aliphatic rings. The fourth-order valence-corrected chi connectivity index (χ4v) is 0.332. The number of hydrogen-bond donors (Lipinski definition) is 1. The summed E-state index contributed by atoms with van der Waals surface area (Å²) in [5, 5.41) is 6.89. The van der Waals surface area contributed by atoms with Crippen LogP contribution in [0.3, 0.4) is 0 Å². The zero-order valence-electron chi connectivity index (χ0n) is 4.71. The quantitative estimate of drug-likeness (QED) is 0.412. The lowest BCUT2D eigenvalue weighted by atomic mass is 10.4. The van der Waals surface area contributed by atoms with Gasteiger partial charge < -0.3 is 5.11 Å². The standard InChI is InChI=1S/C5H8.CH2O2/c1-2-5-3-4-5;2-1-3/h2,5H,1,3-4H2;1H,(H,2,3). The smallest absolute Gasteiger partial charge is 0.290 e. The molecule has 0 heterocycles. The molecule has 2 nitrogen and oxygen atoms in total. The molecule has 0 spiro atoms. The predicted octanol–water partition coefficient (Wildman–Crippen LogP) is 1.28. The van der Waals surface area contributed by atoms with E-state index in [1.807, 2.05) is 6.08 Å². The van der Waals surface area contributed by atoms with E-state index in [1.54, 1.807) is 0 Å². The molecular weight excluding hydrogens is 104 g/mol. The SMILES string of the molecule is C=CC1CC1.O=CO. The third-order valence-electron chi connectivity index (χ3n) is 0.955. The lowest BCUT2D eigenvalue weighted by Gasteiger charge is -1.63. The molecule has 1 N–H and O–H groups in total. The highest BCUT2D eigenvalue weighted by Crippen LogP contribution is 2.28.